The Hall–Kier alpha value is -3.48. The van der Waals surface area contributed by atoms with Crippen LogP contribution in [0.1, 0.15) is 40.8 Å². The molecule has 1 aromatic heterocycles. The van der Waals surface area contributed by atoms with Gasteiger partial charge >= 0.3 is 0 Å². The number of fused-ring (bicyclic) bond motifs is 2. The fourth-order valence-corrected chi connectivity index (χ4v) is 3.90. The van der Waals surface area contributed by atoms with E-state index in [1.165, 1.54) is 0 Å². The second-order valence-corrected chi connectivity index (χ2v) is 8.58. The molecule has 0 atom stereocenters. The minimum absolute atomic E-state index is 0. The molecule has 4 N–H and O–H groups in total. The summed E-state index contributed by atoms with van der Waals surface area (Å²) in [5.74, 6) is 0.961. The molecular formula is C23H27N3O4. The molecule has 1 aliphatic carbocycles. The maximum Gasteiger partial charge on any atom is 0.235 e. The molecule has 0 bridgehead atoms. The molecule has 0 saturated heterocycles. The highest BCUT2D eigenvalue weighted by atomic mass is 16.7. The molecule has 2 heterocycles. The summed E-state index contributed by atoms with van der Waals surface area (Å²) in [6.45, 7) is 3.78. The normalized spacial score (nSPS) is 16.5. The molecule has 2 amide bonds. The highest BCUT2D eigenvalue weighted by Crippen LogP contribution is 2.51. The van der Waals surface area contributed by atoms with E-state index in [2.05, 4.69) is 10.3 Å². The van der Waals surface area contributed by atoms with Crippen molar-refractivity contribution >= 4 is 28.4 Å². The maximum atomic E-state index is 13.1. The second kappa shape index (κ2) is 6.26. The Bertz CT molecular complexity index is 1200. The Balaban J connectivity index is 0.00000144. The number of nitrogens with one attached hydrogen (secondary N) is 2. The fourth-order valence-electron chi connectivity index (χ4n) is 3.90. The van der Waals surface area contributed by atoms with Crippen LogP contribution in [0.2, 0.25) is 0 Å². The van der Waals surface area contributed by atoms with Gasteiger partial charge in [-0.2, -0.15) is 0 Å². The Morgan fingerprint density at radius 3 is 2.60 bits per heavy atom. The number of benzene rings is 2. The SMILES string of the molecule is CC(C)(C(N)=O)c1cc2cc(NC(=O)C3(c4ccc5c(c4)OCO5)CC3)ccc2[nH]1.[HH].[HH]. The van der Waals surface area contributed by atoms with Crippen molar-refractivity contribution in [3.63, 3.8) is 0 Å². The first-order valence-electron chi connectivity index (χ1n) is 9.94. The van der Waals surface area contributed by atoms with Crippen LogP contribution in [-0.2, 0) is 20.4 Å². The minimum atomic E-state index is -0.806. The standard InChI is InChI=1S/C23H23N3O4.2H2/c1-22(2,20(24)27)19-10-13-9-15(4-5-16(13)26-19)25-21(28)23(7-8-23)14-3-6-17-18(11-14)30-12-29-17;;/h3-6,9-11,26H,7-8,12H2,1-2H3,(H2,24,27)(H,25,28);2*1H. The summed E-state index contributed by atoms with van der Waals surface area (Å²) in [4.78, 5) is 28.1. The quantitative estimate of drug-likeness (QED) is 0.595. The predicted octanol–water partition coefficient (Wildman–Crippen LogP) is 3.82. The van der Waals surface area contributed by atoms with Gasteiger partial charge in [-0.25, -0.2) is 0 Å². The molecular weight excluding hydrogens is 382 g/mol. The van der Waals surface area contributed by atoms with Crippen LogP contribution < -0.4 is 20.5 Å². The first-order chi connectivity index (χ1) is 14.3. The number of amides is 2. The van der Waals surface area contributed by atoms with E-state index in [9.17, 15) is 9.59 Å². The van der Waals surface area contributed by atoms with Gasteiger partial charge in [-0.15, -0.1) is 0 Å². The van der Waals surface area contributed by atoms with Crippen molar-refractivity contribution in [1.82, 2.24) is 4.98 Å². The largest absolute Gasteiger partial charge is 0.454 e. The van der Waals surface area contributed by atoms with Crippen LogP contribution >= 0.6 is 0 Å². The Kier molecular flexibility index (Phi) is 3.87. The number of ether oxygens (including phenoxy) is 2. The Labute approximate surface area is 176 Å². The lowest BCUT2D eigenvalue weighted by atomic mass is 9.89. The van der Waals surface area contributed by atoms with Crippen LogP contribution in [0, 0.1) is 0 Å². The van der Waals surface area contributed by atoms with Gasteiger partial charge in [-0.1, -0.05) is 6.07 Å². The lowest BCUT2D eigenvalue weighted by molar-refractivity contribution is -0.122. The van der Waals surface area contributed by atoms with E-state index in [-0.39, 0.29) is 15.6 Å². The molecule has 30 heavy (non-hydrogen) atoms. The monoisotopic (exact) mass is 409 g/mol. The van der Waals surface area contributed by atoms with E-state index in [0.717, 1.165) is 35.0 Å². The molecule has 0 spiro atoms. The smallest absolute Gasteiger partial charge is 0.235 e. The molecule has 3 aromatic rings. The molecule has 7 nitrogen and oxygen atoms in total. The van der Waals surface area contributed by atoms with Crippen LogP contribution in [0.3, 0.4) is 0 Å². The van der Waals surface area contributed by atoms with Crippen molar-refractivity contribution in [3.8, 4) is 11.5 Å². The van der Waals surface area contributed by atoms with Crippen molar-refractivity contribution in [2.24, 2.45) is 5.73 Å². The predicted molar refractivity (Wildman–Crippen MR) is 117 cm³/mol. The number of aromatic amines is 1. The zero-order chi connectivity index (χ0) is 21.1. The third-order valence-electron chi connectivity index (χ3n) is 6.28. The van der Waals surface area contributed by atoms with Crippen LogP contribution in [0.15, 0.2) is 42.5 Å². The first-order valence-corrected chi connectivity index (χ1v) is 9.94. The van der Waals surface area contributed by atoms with Gasteiger partial charge in [-0.05, 0) is 68.7 Å². The van der Waals surface area contributed by atoms with Gasteiger partial charge in [0.25, 0.3) is 0 Å². The number of nitrogens with two attached hydrogens (primary N) is 1. The lowest BCUT2D eigenvalue weighted by Gasteiger charge is -2.18. The zero-order valence-electron chi connectivity index (χ0n) is 16.9. The fraction of sp³-hybridized carbons (Fsp3) is 0.304. The van der Waals surface area contributed by atoms with Gasteiger partial charge in [0.15, 0.2) is 11.5 Å². The van der Waals surface area contributed by atoms with Crippen LogP contribution in [0.25, 0.3) is 10.9 Å². The number of primary amides is 1. The summed E-state index contributed by atoms with van der Waals surface area (Å²) in [5, 5.41) is 3.96. The number of carbonyl (C=O) groups is 2. The zero-order valence-corrected chi connectivity index (χ0v) is 16.9. The number of hydrogen-bond acceptors (Lipinski definition) is 4. The third-order valence-corrected chi connectivity index (χ3v) is 6.28. The van der Waals surface area contributed by atoms with Gasteiger partial charge in [0.1, 0.15) is 0 Å². The minimum Gasteiger partial charge on any atom is -0.454 e. The molecule has 1 aliphatic heterocycles. The van der Waals surface area contributed by atoms with Gasteiger partial charge in [0, 0.05) is 25.1 Å². The summed E-state index contributed by atoms with van der Waals surface area (Å²) in [6.07, 6.45) is 1.59. The summed E-state index contributed by atoms with van der Waals surface area (Å²) in [7, 11) is 0. The average Bonchev–Trinajstić information content (AvgIpc) is 3.19. The molecule has 1 saturated carbocycles. The van der Waals surface area contributed by atoms with Crippen LogP contribution in [0.5, 0.6) is 11.5 Å². The van der Waals surface area contributed by atoms with Gasteiger partial charge in [0.2, 0.25) is 18.6 Å². The Morgan fingerprint density at radius 2 is 1.87 bits per heavy atom. The van der Waals surface area contributed by atoms with Crippen molar-refractivity contribution in [1.29, 1.82) is 0 Å². The summed E-state index contributed by atoms with van der Waals surface area (Å²) >= 11 is 0. The molecule has 1 fully saturated rings. The highest BCUT2D eigenvalue weighted by molar-refractivity contribution is 6.02. The number of H-pyrrole nitrogens is 1. The van der Waals surface area contributed by atoms with Gasteiger partial charge in [-0.3, -0.25) is 9.59 Å². The number of aromatic nitrogens is 1. The number of hydrogen-bond donors (Lipinski definition) is 3. The molecule has 2 aliphatic rings. The molecule has 2 aromatic carbocycles. The van der Waals surface area contributed by atoms with Crippen LogP contribution in [-0.4, -0.2) is 23.6 Å². The van der Waals surface area contributed by atoms with E-state index in [4.69, 9.17) is 15.2 Å². The van der Waals surface area contributed by atoms with Crippen molar-refractivity contribution in [2.45, 2.75) is 37.5 Å². The highest BCUT2D eigenvalue weighted by Gasteiger charge is 2.51. The maximum absolute atomic E-state index is 13.1. The number of rotatable bonds is 5. The molecule has 158 valence electrons. The second-order valence-electron chi connectivity index (χ2n) is 8.58. The number of anilines is 1. The topological polar surface area (TPSA) is 106 Å². The molecule has 5 rings (SSSR count). The average molecular weight is 409 g/mol. The molecule has 0 unspecified atom stereocenters. The van der Waals surface area contributed by atoms with E-state index < -0.39 is 16.7 Å². The van der Waals surface area contributed by atoms with Crippen molar-refractivity contribution < 1.29 is 21.9 Å². The van der Waals surface area contributed by atoms with E-state index in [0.29, 0.717) is 17.2 Å². The van der Waals surface area contributed by atoms with Gasteiger partial charge < -0.3 is 25.5 Å². The molecule has 0 radical (unpaired) electrons. The summed E-state index contributed by atoms with van der Waals surface area (Å²) in [6, 6.07) is 13.3. The summed E-state index contributed by atoms with van der Waals surface area (Å²) in [5.41, 5.74) is 7.47. The van der Waals surface area contributed by atoms with E-state index in [1.54, 1.807) is 13.8 Å². The molecule has 7 heteroatoms. The lowest BCUT2D eigenvalue weighted by Crippen LogP contribution is -2.35. The Morgan fingerprint density at radius 1 is 1.10 bits per heavy atom. The third kappa shape index (κ3) is 2.81. The first kappa shape index (κ1) is 18.5. The van der Waals surface area contributed by atoms with E-state index in [1.807, 2.05) is 42.5 Å². The van der Waals surface area contributed by atoms with E-state index >= 15 is 0 Å². The van der Waals surface area contributed by atoms with Crippen molar-refractivity contribution in [3.05, 3.63) is 53.7 Å². The number of carbonyl (C=O) groups excluding carboxylic acids is 2. The van der Waals surface area contributed by atoms with Crippen LogP contribution in [0.4, 0.5) is 5.69 Å². The van der Waals surface area contributed by atoms with Gasteiger partial charge in [0.05, 0.1) is 10.8 Å². The summed E-state index contributed by atoms with van der Waals surface area (Å²) < 4.78 is 10.8. The van der Waals surface area contributed by atoms with Crippen molar-refractivity contribution in [2.75, 3.05) is 12.1 Å².